The molecule has 2 atom stereocenters. The van der Waals surface area contributed by atoms with Crippen LogP contribution in [0.25, 0.3) is 10.4 Å². The third-order valence-electron chi connectivity index (χ3n) is 7.68. The number of thiazole rings is 1. The van der Waals surface area contributed by atoms with E-state index in [1.807, 2.05) is 36.7 Å². The lowest BCUT2D eigenvalue weighted by Gasteiger charge is -2.22. The Morgan fingerprint density at radius 2 is 1.82 bits per heavy atom. The summed E-state index contributed by atoms with van der Waals surface area (Å²) in [6.45, 7) is 10.2. The zero-order chi connectivity index (χ0) is 38.0. The van der Waals surface area contributed by atoms with Crippen LogP contribution in [0.2, 0.25) is 5.02 Å². The second kappa shape index (κ2) is 22.0. The van der Waals surface area contributed by atoms with Crippen LogP contribution in [0.1, 0.15) is 76.1 Å². The molecule has 2 aromatic carbocycles. The number of likely N-dealkylation sites (tertiary alicyclic amines) is 1. The van der Waals surface area contributed by atoms with Crippen molar-refractivity contribution in [2.75, 3.05) is 19.7 Å². The molecule has 1 saturated heterocycles. The van der Waals surface area contributed by atoms with Gasteiger partial charge in [-0.3, -0.25) is 19.2 Å². The summed E-state index contributed by atoms with van der Waals surface area (Å²) in [6, 6.07) is 13.3. The van der Waals surface area contributed by atoms with Crippen molar-refractivity contribution in [3.05, 3.63) is 69.8 Å². The van der Waals surface area contributed by atoms with Gasteiger partial charge in [0.05, 0.1) is 27.2 Å². The Morgan fingerprint density at radius 1 is 1.14 bits per heavy atom. The maximum absolute atomic E-state index is 11.6. The highest BCUT2D eigenvalue weighted by Gasteiger charge is 2.27. The minimum absolute atomic E-state index is 0.0463. The van der Waals surface area contributed by atoms with E-state index >= 15 is 0 Å². The van der Waals surface area contributed by atoms with E-state index in [1.165, 1.54) is 10.4 Å². The third-order valence-corrected chi connectivity index (χ3v) is 9.08. The number of carbonyl (C=O) groups excluding carboxylic acids is 4. The molecule has 1 aliphatic rings. The fourth-order valence-electron chi connectivity index (χ4n) is 4.97. The standard InChI is InChI=1S/C15H22ClN3O3.C12H12N2OS.C10H19NO2/c16-15-10(4-2-6-13(18)20)3-1-5-12(15)22-9-11(17)7-8-14(19)21;1-9-12(16-8-14-9)11-4-2-10(3-5-11)6-13-7-15;1-10(2,3)6-9(13)11-5-4-8(12)7-11/h1,3,5,11H,2,4,6-9,17H2,(H2,18,20)(H2,19,21);2-5,7-8H,6H2,1H3,(H,13,15);8,12H,4-7H2,1-3H3. The van der Waals surface area contributed by atoms with Gasteiger partial charge >= 0.3 is 0 Å². The van der Waals surface area contributed by atoms with E-state index < -0.39 is 0 Å². The molecule has 2 unspecified atom stereocenters. The second-order valence-corrected chi connectivity index (χ2v) is 14.8. The maximum Gasteiger partial charge on any atom is 0.223 e. The third kappa shape index (κ3) is 17.2. The van der Waals surface area contributed by atoms with Gasteiger partial charge in [0.25, 0.3) is 0 Å². The minimum Gasteiger partial charge on any atom is -0.490 e. The van der Waals surface area contributed by atoms with Gasteiger partial charge in [0.2, 0.25) is 24.1 Å². The van der Waals surface area contributed by atoms with Gasteiger partial charge in [-0.25, -0.2) is 4.98 Å². The molecule has 12 nitrogen and oxygen atoms in total. The van der Waals surface area contributed by atoms with Gasteiger partial charge in [-0.15, -0.1) is 11.3 Å². The molecule has 14 heteroatoms. The van der Waals surface area contributed by atoms with Crippen molar-refractivity contribution >= 4 is 47.1 Å². The molecular formula is C37H53ClN6O6S. The van der Waals surface area contributed by atoms with Crippen molar-refractivity contribution in [1.29, 1.82) is 0 Å². The van der Waals surface area contributed by atoms with Gasteiger partial charge < -0.3 is 37.3 Å². The number of nitrogens with zero attached hydrogens (tertiary/aromatic N) is 2. The topological polar surface area (TPSA) is 204 Å². The van der Waals surface area contributed by atoms with Crippen LogP contribution in [0.5, 0.6) is 5.75 Å². The summed E-state index contributed by atoms with van der Waals surface area (Å²) in [4.78, 5) is 50.4. The first kappa shape index (κ1) is 43.1. The molecule has 2 heterocycles. The van der Waals surface area contributed by atoms with E-state index in [9.17, 15) is 24.3 Å². The molecule has 0 spiro atoms. The summed E-state index contributed by atoms with van der Waals surface area (Å²) in [6.07, 6.45) is 4.00. The van der Waals surface area contributed by atoms with Crippen molar-refractivity contribution in [2.24, 2.45) is 22.6 Å². The largest absolute Gasteiger partial charge is 0.490 e. The van der Waals surface area contributed by atoms with Crippen molar-refractivity contribution in [2.45, 2.75) is 91.3 Å². The summed E-state index contributed by atoms with van der Waals surface area (Å²) in [5.74, 6) is -0.00861. The number of benzene rings is 2. The number of hydrogen-bond donors (Lipinski definition) is 5. The Balaban J connectivity index is 0.000000275. The highest BCUT2D eigenvalue weighted by Crippen LogP contribution is 2.30. The van der Waals surface area contributed by atoms with E-state index in [1.54, 1.807) is 22.3 Å². The van der Waals surface area contributed by atoms with Crippen LogP contribution < -0.4 is 27.3 Å². The average molecular weight is 745 g/mol. The van der Waals surface area contributed by atoms with Crippen molar-refractivity contribution < 1.29 is 29.0 Å². The molecule has 4 rings (SSSR count). The summed E-state index contributed by atoms with van der Waals surface area (Å²) in [5.41, 5.74) is 22.2. The number of nitrogens with two attached hydrogens (primary N) is 3. The van der Waals surface area contributed by atoms with Gasteiger partial charge in [0.15, 0.2) is 0 Å². The summed E-state index contributed by atoms with van der Waals surface area (Å²) in [5, 5.41) is 12.4. The summed E-state index contributed by atoms with van der Waals surface area (Å²) < 4.78 is 5.60. The number of amides is 4. The number of nitrogens with one attached hydrogen (secondary N) is 1. The number of rotatable bonds is 15. The quantitative estimate of drug-likeness (QED) is 0.140. The molecule has 0 saturated carbocycles. The molecule has 3 aromatic rings. The number of halogens is 1. The first-order valence-corrected chi connectivity index (χ1v) is 18.2. The Kier molecular flexibility index (Phi) is 18.6. The van der Waals surface area contributed by atoms with Crippen LogP contribution in [0.15, 0.2) is 48.0 Å². The Bertz CT molecular complexity index is 1540. The molecule has 8 N–H and O–H groups in total. The normalized spacial score (nSPS) is 14.3. The first-order chi connectivity index (χ1) is 24.1. The number of hydrogen-bond acceptors (Lipinski definition) is 9. The lowest BCUT2D eigenvalue weighted by Crippen LogP contribution is -2.32. The SMILES string of the molecule is CC(C)(C)CC(=O)N1CCC(O)C1.Cc1ncsc1-c1ccc(CNC=O)cc1.NC(=O)CCCc1cccc(OCC(N)CCC(N)=O)c1Cl. The van der Waals surface area contributed by atoms with E-state index in [-0.39, 0.29) is 48.3 Å². The van der Waals surface area contributed by atoms with Crippen LogP contribution in [0.4, 0.5) is 0 Å². The molecule has 4 amide bonds. The lowest BCUT2D eigenvalue weighted by molar-refractivity contribution is -0.132. The van der Waals surface area contributed by atoms with E-state index in [0.717, 1.165) is 29.8 Å². The number of aromatic nitrogens is 1. The zero-order valence-corrected chi connectivity index (χ0v) is 31.6. The zero-order valence-electron chi connectivity index (χ0n) is 30.0. The molecule has 0 bridgehead atoms. The van der Waals surface area contributed by atoms with Gasteiger partial charge in [-0.05, 0) is 60.8 Å². The number of aliphatic hydroxyl groups is 1. The first-order valence-electron chi connectivity index (χ1n) is 16.9. The van der Waals surface area contributed by atoms with E-state index in [2.05, 4.69) is 43.2 Å². The number of carbonyl (C=O) groups is 4. The van der Waals surface area contributed by atoms with Gasteiger partial charge in [-0.2, -0.15) is 0 Å². The highest BCUT2D eigenvalue weighted by molar-refractivity contribution is 7.13. The monoisotopic (exact) mass is 744 g/mol. The number of aryl methyl sites for hydroxylation is 2. The highest BCUT2D eigenvalue weighted by atomic mass is 35.5. The number of primary amides is 2. The lowest BCUT2D eigenvalue weighted by atomic mass is 9.92. The van der Waals surface area contributed by atoms with Crippen molar-refractivity contribution in [3.63, 3.8) is 0 Å². The Hall–Kier alpha value is -4.04. The maximum atomic E-state index is 11.6. The number of aliphatic hydroxyl groups excluding tert-OH is 1. The predicted molar refractivity (Wildman–Crippen MR) is 202 cm³/mol. The molecule has 0 radical (unpaired) electrons. The van der Waals surface area contributed by atoms with Crippen LogP contribution >= 0.6 is 22.9 Å². The average Bonchev–Trinajstić information content (AvgIpc) is 3.71. The fourth-order valence-corrected chi connectivity index (χ4v) is 6.05. The molecule has 1 aromatic heterocycles. The number of ether oxygens (including phenoxy) is 1. The molecule has 0 aliphatic carbocycles. The smallest absolute Gasteiger partial charge is 0.223 e. The van der Waals surface area contributed by atoms with Crippen LogP contribution in [-0.4, -0.2) is 71.0 Å². The van der Waals surface area contributed by atoms with Gasteiger partial charge in [0, 0.05) is 44.9 Å². The van der Waals surface area contributed by atoms with Gasteiger partial charge in [0.1, 0.15) is 12.4 Å². The van der Waals surface area contributed by atoms with Gasteiger partial charge in [-0.1, -0.05) is 68.8 Å². The Labute approximate surface area is 310 Å². The van der Waals surface area contributed by atoms with Crippen molar-refractivity contribution in [1.82, 2.24) is 15.2 Å². The summed E-state index contributed by atoms with van der Waals surface area (Å²) in [7, 11) is 0. The minimum atomic E-state index is -0.384. The molecule has 1 fully saturated rings. The molecule has 280 valence electrons. The van der Waals surface area contributed by atoms with Crippen LogP contribution in [0.3, 0.4) is 0 Å². The summed E-state index contributed by atoms with van der Waals surface area (Å²) >= 11 is 7.92. The second-order valence-electron chi connectivity index (χ2n) is 13.6. The van der Waals surface area contributed by atoms with Crippen molar-refractivity contribution in [3.8, 4) is 16.2 Å². The molecule has 51 heavy (non-hydrogen) atoms. The molecular weight excluding hydrogens is 692 g/mol. The predicted octanol–water partition coefficient (Wildman–Crippen LogP) is 4.50. The fraction of sp³-hybridized carbons (Fsp3) is 0.486. The molecule has 1 aliphatic heterocycles. The van der Waals surface area contributed by atoms with Crippen LogP contribution in [-0.2, 0) is 32.1 Å². The Morgan fingerprint density at radius 3 is 2.37 bits per heavy atom. The number of β-amino-alcohol motifs (C(OH)–C–C–N with tert-alkyl or cyclic N) is 1. The van der Waals surface area contributed by atoms with E-state index in [4.69, 9.17) is 33.5 Å². The van der Waals surface area contributed by atoms with Crippen LogP contribution in [0, 0.1) is 12.3 Å². The van der Waals surface area contributed by atoms with E-state index in [0.29, 0.717) is 62.4 Å².